The first-order chi connectivity index (χ1) is 10.1. The molecule has 1 saturated heterocycles. The first-order valence-electron chi connectivity index (χ1n) is 7.30. The lowest BCUT2D eigenvalue weighted by Gasteiger charge is -2.38. The molecule has 0 radical (unpaired) electrons. The predicted molar refractivity (Wildman–Crippen MR) is 76.1 cm³/mol. The van der Waals surface area contributed by atoms with Crippen LogP contribution in [0.2, 0.25) is 0 Å². The maximum atomic E-state index is 13.9. The van der Waals surface area contributed by atoms with Crippen LogP contribution >= 0.6 is 0 Å². The number of hydrogen-bond donors (Lipinski definition) is 0. The second kappa shape index (κ2) is 6.52. The first kappa shape index (κ1) is 15.9. The van der Waals surface area contributed by atoms with Gasteiger partial charge in [0.15, 0.2) is 11.6 Å². The van der Waals surface area contributed by atoms with E-state index in [1.165, 1.54) is 12.1 Å². The standard InChI is InChI=1S/C16H21F2NO2/c1-3-8-16(11-21-2)9-5-10-19(16)15(20)12-6-4-7-13(17)14(12)18/h4,6-7H,3,5,8-11H2,1-2H3/t16-/m1/s1. The summed E-state index contributed by atoms with van der Waals surface area (Å²) in [7, 11) is 1.60. The number of carbonyl (C=O) groups is 1. The molecule has 1 aromatic rings. The van der Waals surface area contributed by atoms with Crippen LogP contribution in [0.3, 0.4) is 0 Å². The molecule has 21 heavy (non-hydrogen) atoms. The minimum atomic E-state index is -1.07. The van der Waals surface area contributed by atoms with Crippen LogP contribution in [0.4, 0.5) is 8.78 Å². The molecule has 0 unspecified atom stereocenters. The van der Waals surface area contributed by atoms with Crippen LogP contribution in [-0.2, 0) is 4.74 Å². The number of halogens is 2. The zero-order valence-electron chi connectivity index (χ0n) is 12.5. The molecule has 1 heterocycles. The normalized spacial score (nSPS) is 21.8. The number of likely N-dealkylation sites (tertiary alicyclic amines) is 1. The predicted octanol–water partition coefficient (Wildman–Crippen LogP) is 3.39. The largest absolute Gasteiger partial charge is 0.382 e. The van der Waals surface area contributed by atoms with Crippen molar-refractivity contribution in [2.75, 3.05) is 20.3 Å². The smallest absolute Gasteiger partial charge is 0.257 e. The zero-order valence-corrected chi connectivity index (χ0v) is 12.5. The third-order valence-corrected chi connectivity index (χ3v) is 4.15. The van der Waals surface area contributed by atoms with Gasteiger partial charge in [0.25, 0.3) is 5.91 Å². The van der Waals surface area contributed by atoms with Crippen molar-refractivity contribution in [3.63, 3.8) is 0 Å². The Labute approximate surface area is 123 Å². The van der Waals surface area contributed by atoms with Crippen molar-refractivity contribution in [3.8, 4) is 0 Å². The SMILES string of the molecule is CCC[C@]1(COC)CCCN1C(=O)c1cccc(F)c1F. The molecule has 1 atom stereocenters. The molecule has 0 saturated carbocycles. The van der Waals surface area contributed by atoms with Gasteiger partial charge in [0.05, 0.1) is 17.7 Å². The van der Waals surface area contributed by atoms with Gasteiger partial charge >= 0.3 is 0 Å². The van der Waals surface area contributed by atoms with Gasteiger partial charge in [-0.3, -0.25) is 4.79 Å². The van der Waals surface area contributed by atoms with Gasteiger partial charge in [0.1, 0.15) is 0 Å². The molecular weight excluding hydrogens is 276 g/mol. The van der Waals surface area contributed by atoms with Crippen LogP contribution in [0.15, 0.2) is 18.2 Å². The van der Waals surface area contributed by atoms with Crippen molar-refractivity contribution in [3.05, 3.63) is 35.4 Å². The van der Waals surface area contributed by atoms with Crippen molar-refractivity contribution >= 4 is 5.91 Å². The molecule has 1 aromatic carbocycles. The van der Waals surface area contributed by atoms with Crippen molar-refractivity contribution < 1.29 is 18.3 Å². The summed E-state index contributed by atoms with van der Waals surface area (Å²) >= 11 is 0. The highest BCUT2D eigenvalue weighted by Gasteiger charge is 2.43. The second-order valence-corrected chi connectivity index (χ2v) is 5.57. The molecule has 2 rings (SSSR count). The molecule has 0 N–H and O–H groups in total. The number of rotatable bonds is 5. The monoisotopic (exact) mass is 297 g/mol. The Hall–Kier alpha value is -1.49. The molecule has 0 aliphatic carbocycles. The summed E-state index contributed by atoms with van der Waals surface area (Å²) in [6.07, 6.45) is 3.38. The Morgan fingerprint density at radius 1 is 1.43 bits per heavy atom. The summed E-state index contributed by atoms with van der Waals surface area (Å²) in [5, 5.41) is 0. The van der Waals surface area contributed by atoms with Crippen molar-refractivity contribution in [2.24, 2.45) is 0 Å². The quantitative estimate of drug-likeness (QED) is 0.834. The number of ether oxygens (including phenoxy) is 1. The van der Waals surface area contributed by atoms with Gasteiger partial charge in [-0.15, -0.1) is 0 Å². The number of carbonyl (C=O) groups excluding carboxylic acids is 1. The summed E-state index contributed by atoms with van der Waals surface area (Å²) in [6, 6.07) is 3.71. The molecule has 1 fully saturated rings. The molecule has 3 nitrogen and oxygen atoms in total. The highest BCUT2D eigenvalue weighted by atomic mass is 19.2. The maximum absolute atomic E-state index is 13.9. The summed E-state index contributed by atoms with van der Waals surface area (Å²) in [5.74, 6) is -2.51. The Bertz CT molecular complexity index is 513. The van der Waals surface area contributed by atoms with E-state index >= 15 is 0 Å². The van der Waals surface area contributed by atoms with Crippen molar-refractivity contribution in [2.45, 2.75) is 38.1 Å². The minimum Gasteiger partial charge on any atom is -0.382 e. The third-order valence-electron chi connectivity index (χ3n) is 4.15. The molecule has 0 bridgehead atoms. The Kier molecular flexibility index (Phi) is 4.93. The van der Waals surface area contributed by atoms with E-state index in [0.29, 0.717) is 13.2 Å². The molecule has 0 aromatic heterocycles. The lowest BCUT2D eigenvalue weighted by Crippen LogP contribution is -2.50. The molecular formula is C16H21F2NO2. The van der Waals surface area contributed by atoms with Crippen LogP contribution in [0.25, 0.3) is 0 Å². The second-order valence-electron chi connectivity index (χ2n) is 5.57. The Morgan fingerprint density at radius 2 is 2.19 bits per heavy atom. The highest BCUT2D eigenvalue weighted by Crippen LogP contribution is 2.35. The van der Waals surface area contributed by atoms with E-state index in [2.05, 4.69) is 0 Å². The van der Waals surface area contributed by atoms with E-state index in [4.69, 9.17) is 4.74 Å². The van der Waals surface area contributed by atoms with Gasteiger partial charge in [-0.2, -0.15) is 0 Å². The van der Waals surface area contributed by atoms with Crippen LogP contribution in [0, 0.1) is 11.6 Å². The Balaban J connectivity index is 2.34. The molecule has 0 spiro atoms. The van der Waals surface area contributed by atoms with E-state index < -0.39 is 23.1 Å². The average Bonchev–Trinajstić information content (AvgIpc) is 2.85. The van der Waals surface area contributed by atoms with Gasteiger partial charge in [-0.05, 0) is 31.4 Å². The van der Waals surface area contributed by atoms with Gasteiger partial charge in [-0.25, -0.2) is 8.78 Å². The summed E-state index contributed by atoms with van der Waals surface area (Å²) < 4.78 is 32.5. The number of nitrogens with zero attached hydrogens (tertiary/aromatic N) is 1. The van der Waals surface area contributed by atoms with Crippen LogP contribution in [-0.4, -0.2) is 36.6 Å². The van der Waals surface area contributed by atoms with Crippen LogP contribution in [0.1, 0.15) is 43.0 Å². The van der Waals surface area contributed by atoms with Gasteiger partial charge < -0.3 is 9.64 Å². The minimum absolute atomic E-state index is 0.200. The van der Waals surface area contributed by atoms with Crippen molar-refractivity contribution in [1.29, 1.82) is 0 Å². The van der Waals surface area contributed by atoms with Crippen LogP contribution in [0.5, 0.6) is 0 Å². The van der Waals surface area contributed by atoms with Gasteiger partial charge in [0, 0.05) is 13.7 Å². The fourth-order valence-corrected chi connectivity index (χ4v) is 3.29. The van der Waals surface area contributed by atoms with E-state index in [9.17, 15) is 13.6 Å². The summed E-state index contributed by atoms with van der Waals surface area (Å²) in [4.78, 5) is 14.3. The van der Waals surface area contributed by atoms with E-state index in [0.717, 1.165) is 31.7 Å². The van der Waals surface area contributed by atoms with Crippen LogP contribution < -0.4 is 0 Å². The van der Waals surface area contributed by atoms with Gasteiger partial charge in [0.2, 0.25) is 0 Å². The topological polar surface area (TPSA) is 29.5 Å². The number of benzene rings is 1. The zero-order chi connectivity index (χ0) is 15.5. The highest BCUT2D eigenvalue weighted by molar-refractivity contribution is 5.95. The first-order valence-corrected chi connectivity index (χ1v) is 7.30. The fourth-order valence-electron chi connectivity index (χ4n) is 3.29. The maximum Gasteiger partial charge on any atom is 0.257 e. The number of hydrogen-bond acceptors (Lipinski definition) is 2. The van der Waals surface area contributed by atoms with E-state index in [1.807, 2.05) is 6.92 Å². The molecule has 1 aliphatic heterocycles. The summed E-state index contributed by atoms with van der Waals surface area (Å²) in [5.41, 5.74) is -0.604. The number of amides is 1. The lowest BCUT2D eigenvalue weighted by molar-refractivity contribution is 0.0250. The van der Waals surface area contributed by atoms with E-state index in [1.54, 1.807) is 12.0 Å². The third kappa shape index (κ3) is 2.93. The fraction of sp³-hybridized carbons (Fsp3) is 0.562. The average molecular weight is 297 g/mol. The molecule has 1 amide bonds. The number of methoxy groups -OCH3 is 1. The van der Waals surface area contributed by atoms with Crippen molar-refractivity contribution in [1.82, 2.24) is 4.90 Å². The lowest BCUT2D eigenvalue weighted by atomic mass is 9.91. The summed E-state index contributed by atoms with van der Waals surface area (Å²) in [6.45, 7) is 3.02. The molecule has 5 heteroatoms. The van der Waals surface area contributed by atoms with E-state index in [-0.39, 0.29) is 5.56 Å². The molecule has 116 valence electrons. The Morgan fingerprint density at radius 3 is 2.86 bits per heavy atom. The van der Waals surface area contributed by atoms with Gasteiger partial charge in [-0.1, -0.05) is 19.4 Å². The molecule has 1 aliphatic rings.